The van der Waals surface area contributed by atoms with E-state index < -0.39 is 0 Å². The lowest BCUT2D eigenvalue weighted by Crippen LogP contribution is -2.45. The highest BCUT2D eigenvalue weighted by molar-refractivity contribution is 5.27. The zero-order chi connectivity index (χ0) is 12.5. The maximum Gasteiger partial charge on any atom is 0.265 e. The van der Waals surface area contributed by atoms with E-state index in [-0.39, 0.29) is 11.5 Å². The first-order chi connectivity index (χ1) is 8.08. The Labute approximate surface area is 102 Å². The molecule has 5 heteroatoms. The minimum atomic E-state index is -0.155. The molecule has 0 radical (unpaired) electrons. The van der Waals surface area contributed by atoms with Crippen molar-refractivity contribution in [2.24, 2.45) is 5.73 Å². The molecule has 5 nitrogen and oxygen atoms in total. The van der Waals surface area contributed by atoms with Crippen LogP contribution in [0.2, 0.25) is 0 Å². The molecule has 96 valence electrons. The average molecular weight is 238 g/mol. The summed E-state index contributed by atoms with van der Waals surface area (Å²) >= 11 is 0. The van der Waals surface area contributed by atoms with Crippen molar-refractivity contribution in [3.63, 3.8) is 0 Å². The fraction of sp³-hybridized carbons (Fsp3) is 0.833. The molecule has 1 heterocycles. The van der Waals surface area contributed by atoms with Gasteiger partial charge in [0.1, 0.15) is 0 Å². The van der Waals surface area contributed by atoms with Gasteiger partial charge < -0.3 is 15.2 Å². The van der Waals surface area contributed by atoms with Crippen LogP contribution >= 0.6 is 0 Å². The molecule has 0 bridgehead atoms. The van der Waals surface area contributed by atoms with E-state index in [0.717, 1.165) is 19.4 Å². The smallest absolute Gasteiger partial charge is 0.265 e. The van der Waals surface area contributed by atoms with Gasteiger partial charge in [-0.05, 0) is 31.8 Å². The second-order valence-electron chi connectivity index (χ2n) is 5.18. The van der Waals surface area contributed by atoms with E-state index >= 15 is 0 Å². The summed E-state index contributed by atoms with van der Waals surface area (Å²) in [5.41, 5.74) is 6.07. The van der Waals surface area contributed by atoms with Gasteiger partial charge in [0.05, 0.1) is 5.41 Å². The Morgan fingerprint density at radius 1 is 1.53 bits per heavy atom. The summed E-state index contributed by atoms with van der Waals surface area (Å²) in [6.07, 6.45) is 4.46. The molecule has 1 aliphatic carbocycles. The zero-order valence-electron chi connectivity index (χ0n) is 10.9. The molecule has 0 amide bonds. The van der Waals surface area contributed by atoms with Crippen LogP contribution in [0, 0.1) is 0 Å². The van der Waals surface area contributed by atoms with Crippen LogP contribution in [0.4, 0.5) is 5.95 Å². The van der Waals surface area contributed by atoms with Crippen molar-refractivity contribution in [1.29, 1.82) is 0 Å². The fourth-order valence-corrected chi connectivity index (χ4v) is 2.37. The molecule has 1 aliphatic rings. The van der Waals surface area contributed by atoms with Crippen LogP contribution in [-0.4, -0.2) is 29.8 Å². The van der Waals surface area contributed by atoms with E-state index in [9.17, 15) is 0 Å². The number of aromatic nitrogens is 2. The van der Waals surface area contributed by atoms with Crippen molar-refractivity contribution in [3.8, 4) is 0 Å². The topological polar surface area (TPSA) is 68.2 Å². The van der Waals surface area contributed by atoms with E-state index in [0.29, 0.717) is 11.8 Å². The summed E-state index contributed by atoms with van der Waals surface area (Å²) in [6.45, 7) is 5.06. The van der Waals surface area contributed by atoms with Crippen LogP contribution in [0.25, 0.3) is 0 Å². The Morgan fingerprint density at radius 2 is 2.29 bits per heavy atom. The predicted molar refractivity (Wildman–Crippen MR) is 67.0 cm³/mol. The third kappa shape index (κ3) is 2.16. The van der Waals surface area contributed by atoms with Crippen LogP contribution < -0.4 is 10.6 Å². The highest BCUT2D eigenvalue weighted by atomic mass is 16.5. The number of nitrogens with zero attached hydrogens (tertiary/aromatic N) is 3. The van der Waals surface area contributed by atoms with E-state index in [2.05, 4.69) is 24.0 Å². The van der Waals surface area contributed by atoms with Crippen molar-refractivity contribution in [3.05, 3.63) is 5.89 Å². The van der Waals surface area contributed by atoms with E-state index in [1.54, 1.807) is 0 Å². The number of hydrogen-bond donors (Lipinski definition) is 1. The van der Waals surface area contributed by atoms with Crippen LogP contribution in [0.3, 0.4) is 0 Å². The minimum Gasteiger partial charge on any atom is -0.342 e. The molecular formula is C12H22N4O. The van der Waals surface area contributed by atoms with Crippen molar-refractivity contribution in [2.75, 3.05) is 18.5 Å². The minimum absolute atomic E-state index is 0.122. The molecule has 1 aromatic heterocycles. The van der Waals surface area contributed by atoms with Gasteiger partial charge in [-0.25, -0.2) is 0 Å². The van der Waals surface area contributed by atoms with Gasteiger partial charge in [0.15, 0.2) is 0 Å². The lowest BCUT2D eigenvalue weighted by molar-refractivity contribution is 0.203. The number of hydrogen-bond acceptors (Lipinski definition) is 5. The summed E-state index contributed by atoms with van der Waals surface area (Å²) in [4.78, 5) is 6.46. The third-order valence-corrected chi connectivity index (χ3v) is 4.00. The number of nitrogens with two attached hydrogens (primary N) is 1. The Bertz CT molecular complexity index is 378. The second kappa shape index (κ2) is 4.64. The first-order valence-electron chi connectivity index (χ1n) is 6.39. The number of rotatable bonds is 3. The molecule has 1 aromatic rings. The van der Waals surface area contributed by atoms with E-state index in [1.165, 1.54) is 12.8 Å². The average Bonchev–Trinajstić information content (AvgIpc) is 2.82. The maximum atomic E-state index is 6.22. The highest BCUT2D eigenvalue weighted by Gasteiger charge is 2.40. The Kier molecular flexibility index (Phi) is 3.38. The lowest BCUT2D eigenvalue weighted by Gasteiger charge is -2.35. The molecule has 1 saturated carbocycles. The van der Waals surface area contributed by atoms with Gasteiger partial charge in [-0.2, -0.15) is 4.98 Å². The highest BCUT2D eigenvalue weighted by Crippen LogP contribution is 2.37. The zero-order valence-corrected chi connectivity index (χ0v) is 10.9. The first kappa shape index (κ1) is 12.4. The molecule has 1 fully saturated rings. The van der Waals surface area contributed by atoms with Gasteiger partial charge >= 0.3 is 0 Å². The van der Waals surface area contributed by atoms with Gasteiger partial charge in [0, 0.05) is 19.6 Å². The van der Waals surface area contributed by atoms with Gasteiger partial charge in [-0.15, -0.1) is 0 Å². The van der Waals surface area contributed by atoms with Crippen LogP contribution in [0.5, 0.6) is 0 Å². The molecule has 0 spiro atoms. The number of anilines is 1. The maximum absolute atomic E-state index is 6.22. The molecule has 0 aromatic carbocycles. The third-order valence-electron chi connectivity index (χ3n) is 4.00. The van der Waals surface area contributed by atoms with E-state index in [1.807, 2.05) is 11.9 Å². The Hall–Kier alpha value is -1.10. The van der Waals surface area contributed by atoms with Crippen LogP contribution in [0.15, 0.2) is 4.52 Å². The standard InChI is InChI=1S/C12H22N4O/c1-4-16(3)11-14-10(17-15-11)12(2)8-6-5-7-9(12)13/h9H,4-8,13H2,1-3H3. The largest absolute Gasteiger partial charge is 0.342 e. The lowest BCUT2D eigenvalue weighted by atomic mass is 9.72. The molecule has 0 saturated heterocycles. The van der Waals surface area contributed by atoms with Crippen LogP contribution in [0.1, 0.15) is 45.4 Å². The van der Waals surface area contributed by atoms with Gasteiger partial charge in [-0.3, -0.25) is 0 Å². The Balaban J connectivity index is 2.23. The summed E-state index contributed by atoms with van der Waals surface area (Å²) in [6, 6.07) is 0.122. The van der Waals surface area contributed by atoms with Gasteiger partial charge in [-0.1, -0.05) is 12.8 Å². The predicted octanol–water partition coefficient (Wildman–Crippen LogP) is 1.68. The SMILES string of the molecule is CCN(C)c1noc(C2(C)CCCCC2N)n1. The van der Waals surface area contributed by atoms with Crippen molar-refractivity contribution in [2.45, 2.75) is 51.0 Å². The molecule has 17 heavy (non-hydrogen) atoms. The van der Waals surface area contributed by atoms with Crippen molar-refractivity contribution < 1.29 is 4.52 Å². The van der Waals surface area contributed by atoms with E-state index in [4.69, 9.17) is 10.3 Å². The molecule has 2 N–H and O–H groups in total. The molecule has 2 rings (SSSR count). The fourth-order valence-electron chi connectivity index (χ4n) is 2.37. The van der Waals surface area contributed by atoms with Crippen LogP contribution in [-0.2, 0) is 5.41 Å². The Morgan fingerprint density at radius 3 is 2.94 bits per heavy atom. The van der Waals surface area contributed by atoms with Crippen molar-refractivity contribution in [1.82, 2.24) is 10.1 Å². The molecular weight excluding hydrogens is 216 g/mol. The summed E-state index contributed by atoms with van der Waals surface area (Å²) in [5, 5.41) is 4.03. The molecule has 0 aliphatic heterocycles. The summed E-state index contributed by atoms with van der Waals surface area (Å²) < 4.78 is 5.42. The van der Waals surface area contributed by atoms with Crippen molar-refractivity contribution >= 4 is 5.95 Å². The normalized spacial score (nSPS) is 29.3. The van der Waals surface area contributed by atoms with Gasteiger partial charge in [0.2, 0.25) is 5.89 Å². The first-order valence-corrected chi connectivity index (χ1v) is 6.39. The molecule has 2 unspecified atom stereocenters. The quantitative estimate of drug-likeness (QED) is 0.867. The monoisotopic (exact) mass is 238 g/mol. The van der Waals surface area contributed by atoms with Gasteiger partial charge in [0.25, 0.3) is 5.95 Å². The summed E-state index contributed by atoms with van der Waals surface area (Å²) in [7, 11) is 1.96. The molecule has 2 atom stereocenters. The second-order valence-corrected chi connectivity index (χ2v) is 5.18. The summed E-state index contributed by atoms with van der Waals surface area (Å²) in [5.74, 6) is 1.35.